The summed E-state index contributed by atoms with van der Waals surface area (Å²) in [5, 5.41) is 10.7. The van der Waals surface area contributed by atoms with Crippen molar-refractivity contribution in [1.29, 1.82) is 5.26 Å². The normalized spacial score (nSPS) is 25.8. The van der Waals surface area contributed by atoms with Crippen molar-refractivity contribution in [2.75, 3.05) is 0 Å². The second-order valence-electron chi connectivity index (χ2n) is 7.30. The van der Waals surface area contributed by atoms with Gasteiger partial charge in [0.05, 0.1) is 12.0 Å². The van der Waals surface area contributed by atoms with Crippen molar-refractivity contribution in [2.45, 2.75) is 39.5 Å². The van der Waals surface area contributed by atoms with Crippen LogP contribution in [0.4, 0.5) is 0 Å². The van der Waals surface area contributed by atoms with Crippen LogP contribution in [-0.4, -0.2) is 11.5 Å². The molecule has 0 spiro atoms. The maximum absolute atomic E-state index is 12.9. The molecule has 124 valence electrons. The summed E-state index contributed by atoms with van der Waals surface area (Å²) in [6.07, 6.45) is 1.19. The Labute approximate surface area is 152 Å². The number of carbonyl (C=O) groups is 1. The van der Waals surface area contributed by atoms with Crippen LogP contribution in [0.3, 0.4) is 0 Å². The van der Waals surface area contributed by atoms with Gasteiger partial charge in [0.1, 0.15) is 0 Å². The first kappa shape index (κ1) is 17.2. The number of nitriles is 1. The molecule has 1 unspecified atom stereocenters. The lowest BCUT2D eigenvalue weighted by atomic mass is 9.67. The van der Waals surface area contributed by atoms with Gasteiger partial charge >= 0.3 is 0 Å². The Kier molecular flexibility index (Phi) is 4.32. The molecule has 3 nitrogen and oxygen atoms in total. The molecule has 1 heterocycles. The largest absolute Gasteiger partial charge is 0.294 e. The average Bonchev–Trinajstić information content (AvgIpc) is 2.44. The topological polar surface area (TPSA) is 53.2 Å². The first-order valence-electron chi connectivity index (χ1n) is 7.89. The highest BCUT2D eigenvalue weighted by Crippen LogP contribution is 2.48. The van der Waals surface area contributed by atoms with E-state index in [-0.39, 0.29) is 17.1 Å². The van der Waals surface area contributed by atoms with Gasteiger partial charge in [-0.05, 0) is 36.5 Å². The highest BCUT2D eigenvalue weighted by Gasteiger charge is 2.43. The van der Waals surface area contributed by atoms with E-state index >= 15 is 0 Å². The van der Waals surface area contributed by atoms with Crippen LogP contribution >= 0.6 is 23.2 Å². The van der Waals surface area contributed by atoms with E-state index in [0.29, 0.717) is 22.0 Å². The molecule has 1 aliphatic carbocycles. The van der Waals surface area contributed by atoms with E-state index < -0.39 is 5.92 Å². The van der Waals surface area contributed by atoms with Crippen LogP contribution in [0.25, 0.3) is 0 Å². The number of benzene rings is 1. The molecule has 0 radical (unpaired) electrons. The van der Waals surface area contributed by atoms with Gasteiger partial charge in [0, 0.05) is 39.4 Å². The van der Waals surface area contributed by atoms with Gasteiger partial charge in [-0.25, -0.2) is 0 Å². The fourth-order valence-corrected chi connectivity index (χ4v) is 4.23. The zero-order chi connectivity index (χ0) is 17.6. The molecule has 1 aliphatic heterocycles. The van der Waals surface area contributed by atoms with Crippen LogP contribution in [0.1, 0.15) is 45.1 Å². The summed E-state index contributed by atoms with van der Waals surface area (Å²) >= 11 is 12.4. The second-order valence-corrected chi connectivity index (χ2v) is 8.15. The molecule has 0 N–H and O–H groups in total. The smallest absolute Gasteiger partial charge is 0.161 e. The summed E-state index contributed by atoms with van der Waals surface area (Å²) in [7, 11) is 0. The number of hydrogen-bond acceptors (Lipinski definition) is 3. The lowest BCUT2D eigenvalue weighted by molar-refractivity contribution is -0.118. The Bertz CT molecular complexity index is 830. The van der Waals surface area contributed by atoms with Crippen LogP contribution < -0.4 is 0 Å². The zero-order valence-electron chi connectivity index (χ0n) is 13.9. The fraction of sp³-hybridized carbons (Fsp3) is 0.421. The third kappa shape index (κ3) is 2.90. The predicted octanol–water partition coefficient (Wildman–Crippen LogP) is 5.33. The van der Waals surface area contributed by atoms with Crippen molar-refractivity contribution in [3.05, 3.63) is 45.1 Å². The third-order valence-corrected chi connectivity index (χ3v) is 5.30. The van der Waals surface area contributed by atoms with Gasteiger partial charge < -0.3 is 0 Å². The predicted molar refractivity (Wildman–Crippen MR) is 96.5 cm³/mol. The van der Waals surface area contributed by atoms with E-state index in [2.05, 4.69) is 24.9 Å². The minimum atomic E-state index is -0.493. The van der Waals surface area contributed by atoms with Gasteiger partial charge in [0.25, 0.3) is 0 Å². The molecule has 3 rings (SSSR count). The number of hydrogen-bond donors (Lipinski definition) is 0. The molecule has 1 aromatic carbocycles. The Hall–Kier alpha value is -1.63. The van der Waals surface area contributed by atoms with Gasteiger partial charge in [0.15, 0.2) is 5.78 Å². The average molecular weight is 361 g/mol. The molecule has 0 aromatic heterocycles. The van der Waals surface area contributed by atoms with Crippen LogP contribution in [0, 0.1) is 22.7 Å². The lowest BCUT2D eigenvalue weighted by Gasteiger charge is -2.38. The van der Waals surface area contributed by atoms with Crippen molar-refractivity contribution in [1.82, 2.24) is 0 Å². The summed E-state index contributed by atoms with van der Waals surface area (Å²) in [4.78, 5) is 17.5. The Morgan fingerprint density at radius 3 is 2.62 bits per heavy atom. The molecule has 2 aliphatic rings. The molecule has 0 fully saturated rings. The molecule has 5 heteroatoms. The SMILES string of the molecule is CC1=NC2=C(C(=O)CC(C)(C)C2)[C@@H](c2ccc(Cl)cc2Cl)C1C#N. The number of aliphatic imine (C=N–C) groups is 1. The minimum Gasteiger partial charge on any atom is -0.294 e. The number of Topliss-reactive ketones (excluding diaryl/α,β-unsaturated/α-hetero) is 1. The summed E-state index contributed by atoms with van der Waals surface area (Å²) < 4.78 is 0. The summed E-state index contributed by atoms with van der Waals surface area (Å²) in [5.41, 5.74) is 2.83. The number of nitrogens with zero attached hydrogens (tertiary/aromatic N) is 2. The molecule has 2 atom stereocenters. The second kappa shape index (κ2) is 6.02. The molecule has 0 bridgehead atoms. The van der Waals surface area contributed by atoms with Gasteiger partial charge in [-0.2, -0.15) is 5.26 Å². The standard InChI is InChI=1S/C19H18Cl2N2O/c1-10-13(9-22)17(12-5-4-11(20)6-14(12)21)18-15(23-10)7-19(2,3)8-16(18)24/h4-6,13,17H,7-8H2,1-3H3/t13?,17-/m0/s1. The van der Waals surface area contributed by atoms with Crippen LogP contribution in [0.2, 0.25) is 10.0 Å². The lowest BCUT2D eigenvalue weighted by Crippen LogP contribution is -2.35. The summed E-state index contributed by atoms with van der Waals surface area (Å²) in [6, 6.07) is 7.53. The number of allylic oxidation sites excluding steroid dienone is 2. The summed E-state index contributed by atoms with van der Waals surface area (Å²) in [6.45, 7) is 5.99. The van der Waals surface area contributed by atoms with Crippen molar-refractivity contribution in [2.24, 2.45) is 16.3 Å². The molecule has 0 saturated carbocycles. The van der Waals surface area contributed by atoms with Crippen molar-refractivity contribution >= 4 is 34.7 Å². The van der Waals surface area contributed by atoms with Gasteiger partial charge in [0.2, 0.25) is 0 Å². The first-order chi connectivity index (χ1) is 11.2. The van der Waals surface area contributed by atoms with E-state index in [1.807, 2.05) is 13.0 Å². The van der Waals surface area contributed by atoms with Crippen LogP contribution in [0.5, 0.6) is 0 Å². The van der Waals surface area contributed by atoms with E-state index in [9.17, 15) is 10.1 Å². The number of halogens is 2. The van der Waals surface area contributed by atoms with Crippen molar-refractivity contribution in [3.63, 3.8) is 0 Å². The maximum atomic E-state index is 12.9. The highest BCUT2D eigenvalue weighted by molar-refractivity contribution is 6.35. The molecule has 0 saturated heterocycles. The van der Waals surface area contributed by atoms with Crippen LogP contribution in [-0.2, 0) is 4.79 Å². The molecular formula is C19H18Cl2N2O. The van der Waals surface area contributed by atoms with Crippen molar-refractivity contribution in [3.8, 4) is 6.07 Å². The molecule has 24 heavy (non-hydrogen) atoms. The number of carbonyl (C=O) groups excluding carboxylic acids is 1. The van der Waals surface area contributed by atoms with Gasteiger partial charge in [-0.3, -0.25) is 9.79 Å². The summed E-state index contributed by atoms with van der Waals surface area (Å²) in [5.74, 6) is -0.808. The molecular weight excluding hydrogens is 343 g/mol. The Morgan fingerprint density at radius 2 is 2.00 bits per heavy atom. The Balaban J connectivity index is 2.22. The monoisotopic (exact) mass is 360 g/mol. The molecule has 0 amide bonds. The van der Waals surface area contributed by atoms with Gasteiger partial charge in [-0.1, -0.05) is 43.1 Å². The number of ketones is 1. The molecule has 1 aromatic rings. The first-order valence-corrected chi connectivity index (χ1v) is 8.65. The minimum absolute atomic E-state index is 0.0637. The Morgan fingerprint density at radius 1 is 1.29 bits per heavy atom. The quantitative estimate of drug-likeness (QED) is 0.678. The van der Waals surface area contributed by atoms with E-state index in [1.165, 1.54) is 0 Å². The zero-order valence-corrected chi connectivity index (χ0v) is 15.4. The van der Waals surface area contributed by atoms with E-state index in [4.69, 9.17) is 23.2 Å². The van der Waals surface area contributed by atoms with Crippen LogP contribution in [0.15, 0.2) is 34.5 Å². The highest BCUT2D eigenvalue weighted by atomic mass is 35.5. The maximum Gasteiger partial charge on any atom is 0.161 e. The van der Waals surface area contributed by atoms with E-state index in [1.54, 1.807) is 12.1 Å². The van der Waals surface area contributed by atoms with E-state index in [0.717, 1.165) is 23.4 Å². The third-order valence-electron chi connectivity index (χ3n) is 4.74. The van der Waals surface area contributed by atoms with Crippen molar-refractivity contribution < 1.29 is 4.79 Å². The fourth-order valence-electron chi connectivity index (χ4n) is 3.70. The van der Waals surface area contributed by atoms with Gasteiger partial charge in [-0.15, -0.1) is 0 Å². The number of rotatable bonds is 1.